The van der Waals surface area contributed by atoms with Crippen molar-refractivity contribution in [3.05, 3.63) is 360 Å². The van der Waals surface area contributed by atoms with Gasteiger partial charge in [0.05, 0.1) is 38.9 Å². The number of aromatic nitrogens is 1. The van der Waals surface area contributed by atoms with E-state index < -0.39 is 10.8 Å². The van der Waals surface area contributed by atoms with Crippen molar-refractivity contribution in [2.75, 3.05) is 4.90 Å². The third kappa shape index (κ3) is 6.14. The summed E-state index contributed by atoms with van der Waals surface area (Å²) >= 11 is 0. The minimum Gasteiger partial charge on any atom is -0.309 e. The van der Waals surface area contributed by atoms with Gasteiger partial charge in [-0.1, -0.05) is 267 Å². The Morgan fingerprint density at radius 1 is 0.256 bits per heavy atom. The number of hydrogen-bond donors (Lipinski definition) is 0. The molecule has 3 aliphatic carbocycles. The lowest BCUT2D eigenvalue weighted by Crippen LogP contribution is -2.33. The van der Waals surface area contributed by atoms with Crippen LogP contribution in [0.2, 0.25) is 0 Å². The fraction of sp³-hybridized carbons (Fsp3) is 0.0238. The van der Waals surface area contributed by atoms with Gasteiger partial charge >= 0.3 is 0 Å². The fourth-order valence-corrected chi connectivity index (χ4v) is 16.5. The molecule has 2 heterocycles. The van der Waals surface area contributed by atoms with E-state index in [-0.39, 0.29) is 0 Å². The molecule has 19 rings (SSSR count). The average molecular weight is 1090 g/mol. The van der Waals surface area contributed by atoms with E-state index in [2.05, 4.69) is 325 Å². The average Bonchev–Trinajstić information content (AvgIpc) is 1.50. The van der Waals surface area contributed by atoms with Gasteiger partial charge in [-0.25, -0.2) is 0 Å². The van der Waals surface area contributed by atoms with Crippen molar-refractivity contribution >= 4 is 49.6 Å². The monoisotopic (exact) mass is 1090 g/mol. The van der Waals surface area contributed by atoms with E-state index in [1.807, 2.05) is 0 Å². The van der Waals surface area contributed by atoms with Gasteiger partial charge in [-0.15, -0.1) is 0 Å². The van der Waals surface area contributed by atoms with Crippen LogP contribution in [0.15, 0.2) is 315 Å². The van der Waals surface area contributed by atoms with Crippen LogP contribution in [0.1, 0.15) is 44.5 Å². The highest BCUT2D eigenvalue weighted by Crippen LogP contribution is 2.66. The predicted octanol–water partition coefficient (Wildman–Crippen LogP) is 21.4. The van der Waals surface area contributed by atoms with E-state index in [1.165, 1.54) is 144 Å². The molecule has 1 aromatic heterocycles. The first-order valence-corrected chi connectivity index (χ1v) is 30.1. The van der Waals surface area contributed by atoms with Gasteiger partial charge < -0.3 is 9.47 Å². The third-order valence-electron chi connectivity index (χ3n) is 19.8. The summed E-state index contributed by atoms with van der Waals surface area (Å²) in [5.41, 5.74) is 31.5. The van der Waals surface area contributed by atoms with Gasteiger partial charge in [0.15, 0.2) is 0 Å². The Morgan fingerprint density at radius 2 is 0.744 bits per heavy atom. The second-order valence-corrected chi connectivity index (χ2v) is 23.7. The highest BCUT2D eigenvalue weighted by Gasteiger charge is 2.53. The van der Waals surface area contributed by atoms with Gasteiger partial charge in [-0.2, -0.15) is 0 Å². The van der Waals surface area contributed by atoms with Crippen molar-refractivity contribution in [2.24, 2.45) is 0 Å². The van der Waals surface area contributed by atoms with Crippen LogP contribution in [0.3, 0.4) is 0 Å². The maximum absolute atomic E-state index is 2.56. The standard InChI is InChI=1S/C84H52N2/c1-2-22-53(23-3-1)59-24-4-5-25-60(59)65-29-10-17-40-77(65)85(80-43-21-38-74-81(80)68-31-9-15-36-72(68)83(74)69-33-12-6-26-61(69)62-27-7-13-34-70(62)83)58-48-46-55-50-54(44-45-56(55)51-58)57-47-49-64-63-28-8-14-35-71(63)84(76(64)52-57)73-37-16-19-42-79(73)86-78-41-18-11-30-66(78)67-32-20-39-75(84)82(67)86/h1-52H. The molecule has 86 heavy (non-hydrogen) atoms. The molecule has 0 amide bonds. The van der Waals surface area contributed by atoms with E-state index in [4.69, 9.17) is 0 Å². The molecule has 1 atom stereocenters. The smallest absolute Gasteiger partial charge is 0.0754 e. The Labute approximate surface area is 499 Å². The Morgan fingerprint density at radius 3 is 1.50 bits per heavy atom. The lowest BCUT2D eigenvalue weighted by Gasteiger charge is -2.39. The summed E-state index contributed by atoms with van der Waals surface area (Å²) in [4.78, 5) is 2.56. The van der Waals surface area contributed by atoms with E-state index in [0.717, 1.165) is 22.6 Å². The second-order valence-electron chi connectivity index (χ2n) is 23.7. The van der Waals surface area contributed by atoms with Gasteiger partial charge in [0.25, 0.3) is 0 Å². The first-order chi connectivity index (χ1) is 42.7. The topological polar surface area (TPSA) is 8.17 Å². The molecular formula is C84H52N2. The Bertz CT molecular complexity index is 5340. The van der Waals surface area contributed by atoms with Crippen molar-refractivity contribution < 1.29 is 0 Å². The number of anilines is 3. The molecule has 0 saturated carbocycles. The summed E-state index contributed by atoms with van der Waals surface area (Å²) in [7, 11) is 0. The molecule has 4 aliphatic rings. The summed E-state index contributed by atoms with van der Waals surface area (Å²) in [6, 6.07) is 119. The van der Waals surface area contributed by atoms with E-state index >= 15 is 0 Å². The fourth-order valence-electron chi connectivity index (χ4n) is 16.5. The van der Waals surface area contributed by atoms with Crippen LogP contribution in [-0.4, -0.2) is 4.57 Å². The van der Waals surface area contributed by atoms with Crippen LogP contribution in [0, 0.1) is 0 Å². The largest absolute Gasteiger partial charge is 0.309 e. The number of para-hydroxylation sites is 4. The first-order valence-electron chi connectivity index (χ1n) is 30.1. The van der Waals surface area contributed by atoms with Crippen molar-refractivity contribution in [1.82, 2.24) is 4.57 Å². The number of nitrogens with zero attached hydrogens (tertiary/aromatic N) is 2. The van der Waals surface area contributed by atoms with Crippen molar-refractivity contribution in [3.63, 3.8) is 0 Å². The van der Waals surface area contributed by atoms with Crippen LogP contribution in [0.25, 0.3) is 105 Å². The number of benzene rings is 14. The van der Waals surface area contributed by atoms with Gasteiger partial charge in [0, 0.05) is 27.6 Å². The molecule has 14 aromatic carbocycles. The maximum Gasteiger partial charge on any atom is 0.0754 e. The zero-order chi connectivity index (χ0) is 56.2. The number of rotatable bonds is 6. The summed E-state index contributed by atoms with van der Waals surface area (Å²) < 4.78 is 2.53. The number of fused-ring (bicyclic) bond motifs is 23. The molecule has 0 N–H and O–H groups in total. The number of hydrogen-bond acceptors (Lipinski definition) is 1. The van der Waals surface area contributed by atoms with Gasteiger partial charge in [0.1, 0.15) is 0 Å². The molecular weight excluding hydrogens is 1040 g/mol. The highest BCUT2D eigenvalue weighted by molar-refractivity contribution is 6.13. The Kier molecular flexibility index (Phi) is 9.78. The molecule has 0 bridgehead atoms. The summed E-state index contributed by atoms with van der Waals surface area (Å²) in [6.45, 7) is 0. The molecule has 2 nitrogen and oxygen atoms in total. The predicted molar refractivity (Wildman–Crippen MR) is 356 cm³/mol. The van der Waals surface area contributed by atoms with Crippen LogP contribution in [0.5, 0.6) is 0 Å². The molecule has 0 fully saturated rings. The molecule has 15 aromatic rings. The van der Waals surface area contributed by atoms with Crippen LogP contribution in [0.4, 0.5) is 17.1 Å². The van der Waals surface area contributed by atoms with E-state index in [9.17, 15) is 0 Å². The minimum atomic E-state index is -0.530. The van der Waals surface area contributed by atoms with Crippen molar-refractivity contribution in [1.29, 1.82) is 0 Å². The van der Waals surface area contributed by atoms with Crippen molar-refractivity contribution in [2.45, 2.75) is 10.8 Å². The third-order valence-corrected chi connectivity index (χ3v) is 19.8. The van der Waals surface area contributed by atoms with Crippen molar-refractivity contribution in [3.8, 4) is 72.4 Å². The zero-order valence-corrected chi connectivity index (χ0v) is 46.9. The SMILES string of the molecule is c1ccc(-c2ccccc2-c2ccccc2N(c2ccc3cc(-c4ccc5c(c4)C4(c6ccccc6-5)c5ccccc5-n5c6ccccc6c6cccc4c65)ccc3c2)c2cccc3c2-c2ccccc2C32c3ccccc3-c3ccccc32)cc1. The normalized spacial score (nSPS) is 14.9. The van der Waals surface area contributed by atoms with Gasteiger partial charge in [0.2, 0.25) is 0 Å². The minimum absolute atomic E-state index is 0.492. The first kappa shape index (κ1) is 47.4. The quantitative estimate of drug-likeness (QED) is 0.161. The van der Waals surface area contributed by atoms with Crippen LogP contribution < -0.4 is 4.90 Å². The summed E-state index contributed by atoms with van der Waals surface area (Å²) in [5, 5.41) is 4.93. The summed E-state index contributed by atoms with van der Waals surface area (Å²) in [6.07, 6.45) is 0. The van der Waals surface area contributed by atoms with Crippen LogP contribution in [-0.2, 0) is 10.8 Å². The maximum atomic E-state index is 2.56. The molecule has 2 spiro atoms. The Balaban J connectivity index is 0.809. The van der Waals surface area contributed by atoms with Crippen LogP contribution >= 0.6 is 0 Å². The van der Waals surface area contributed by atoms with E-state index in [1.54, 1.807) is 0 Å². The molecule has 1 unspecified atom stereocenters. The van der Waals surface area contributed by atoms with Gasteiger partial charge in [-0.3, -0.25) is 0 Å². The lowest BCUT2D eigenvalue weighted by molar-refractivity contribution is 0.749. The molecule has 0 saturated heterocycles. The van der Waals surface area contributed by atoms with Gasteiger partial charge in [-0.05, 0) is 159 Å². The zero-order valence-electron chi connectivity index (χ0n) is 46.9. The molecule has 0 radical (unpaired) electrons. The second kappa shape index (κ2) is 17.7. The molecule has 398 valence electrons. The molecule has 1 aliphatic heterocycles. The van der Waals surface area contributed by atoms with E-state index in [0.29, 0.717) is 0 Å². The highest BCUT2D eigenvalue weighted by atomic mass is 15.1. The Hall–Kier alpha value is -11.1. The molecule has 2 heteroatoms. The summed E-state index contributed by atoms with van der Waals surface area (Å²) in [5.74, 6) is 0. The lowest BCUT2D eigenvalue weighted by atomic mass is 9.65.